The van der Waals surface area contributed by atoms with Gasteiger partial charge in [-0.3, -0.25) is 9.59 Å². The van der Waals surface area contributed by atoms with Crippen molar-refractivity contribution >= 4 is 34.9 Å². The van der Waals surface area contributed by atoms with Crippen LogP contribution in [0.3, 0.4) is 0 Å². The topological polar surface area (TPSA) is 64.4 Å². The number of likely N-dealkylation sites (N-methyl/N-ethyl adjacent to an activating group) is 1. The van der Waals surface area contributed by atoms with Crippen LogP contribution in [-0.4, -0.2) is 46.1 Å². The van der Waals surface area contributed by atoms with Crippen molar-refractivity contribution in [2.45, 2.75) is 34.6 Å². The molecule has 0 atom stereocenters. The Bertz CT molecular complexity index is 918. The molecule has 2 aromatic rings. The van der Waals surface area contributed by atoms with Crippen LogP contribution in [0.4, 0.5) is 0 Å². The lowest BCUT2D eigenvalue weighted by Gasteiger charge is -2.19. The molecule has 1 heterocycles. The van der Waals surface area contributed by atoms with E-state index in [1.54, 1.807) is 31.9 Å². The van der Waals surface area contributed by atoms with Crippen molar-refractivity contribution in [3.63, 3.8) is 0 Å². The van der Waals surface area contributed by atoms with Crippen LogP contribution >= 0.6 is 23.2 Å². The summed E-state index contributed by atoms with van der Waals surface area (Å²) in [5, 5.41) is 5.12. The second kappa shape index (κ2) is 8.97. The van der Waals surface area contributed by atoms with E-state index in [0.717, 1.165) is 5.56 Å². The number of ketones is 1. The van der Waals surface area contributed by atoms with E-state index in [1.807, 2.05) is 20.8 Å². The van der Waals surface area contributed by atoms with Gasteiger partial charge in [0.1, 0.15) is 5.56 Å². The van der Waals surface area contributed by atoms with Crippen molar-refractivity contribution < 1.29 is 14.3 Å². The van der Waals surface area contributed by atoms with Crippen LogP contribution in [0, 0.1) is 20.8 Å². The molecule has 0 spiro atoms. The Morgan fingerprint density at radius 2 is 1.75 bits per heavy atom. The van der Waals surface area contributed by atoms with Crippen molar-refractivity contribution in [3.8, 4) is 5.88 Å². The zero-order chi connectivity index (χ0) is 21.2. The summed E-state index contributed by atoms with van der Waals surface area (Å²) in [5.74, 6) is -0.230. The zero-order valence-corrected chi connectivity index (χ0v) is 18.5. The summed E-state index contributed by atoms with van der Waals surface area (Å²) in [4.78, 5) is 27.2. The van der Waals surface area contributed by atoms with E-state index in [2.05, 4.69) is 5.10 Å². The molecule has 0 aliphatic heterocycles. The molecule has 0 N–H and O–H groups in total. The van der Waals surface area contributed by atoms with E-state index in [9.17, 15) is 9.59 Å². The van der Waals surface area contributed by atoms with Crippen LogP contribution in [-0.2, 0) is 11.8 Å². The van der Waals surface area contributed by atoms with Crippen LogP contribution < -0.4 is 4.74 Å². The number of nitrogens with zero attached hydrogens (tertiary/aromatic N) is 3. The Balaban J connectivity index is 2.42. The van der Waals surface area contributed by atoms with E-state index < -0.39 is 0 Å². The van der Waals surface area contributed by atoms with Gasteiger partial charge in [-0.2, -0.15) is 5.10 Å². The molecule has 0 saturated heterocycles. The van der Waals surface area contributed by atoms with Gasteiger partial charge in [0.25, 0.3) is 5.91 Å². The molecule has 0 aliphatic rings. The van der Waals surface area contributed by atoms with Gasteiger partial charge in [0, 0.05) is 30.7 Å². The smallest absolute Gasteiger partial charge is 0.260 e. The van der Waals surface area contributed by atoms with Gasteiger partial charge in [-0.1, -0.05) is 23.2 Å². The molecule has 2 rings (SSSR count). The van der Waals surface area contributed by atoms with Crippen LogP contribution in [0.5, 0.6) is 5.88 Å². The number of benzene rings is 1. The quantitative estimate of drug-likeness (QED) is 0.625. The maximum Gasteiger partial charge on any atom is 0.260 e. The highest BCUT2D eigenvalue weighted by Crippen LogP contribution is 2.34. The van der Waals surface area contributed by atoms with E-state index in [-0.39, 0.29) is 29.7 Å². The molecular formula is C20H25Cl2N3O3. The predicted molar refractivity (Wildman–Crippen MR) is 111 cm³/mol. The Morgan fingerprint density at radius 3 is 2.32 bits per heavy atom. The lowest BCUT2D eigenvalue weighted by atomic mass is 9.99. The minimum Gasteiger partial charge on any atom is -0.467 e. The minimum absolute atomic E-state index is 0.154. The SMILES string of the molecule is CCN(CC)C(=O)COc1c(C(=O)c2cc(C)c(Cl)c(C)c2Cl)c(C)nn1C. The van der Waals surface area contributed by atoms with E-state index in [4.69, 9.17) is 27.9 Å². The number of rotatable bonds is 7. The maximum absolute atomic E-state index is 13.3. The highest BCUT2D eigenvalue weighted by Gasteiger charge is 2.27. The molecule has 6 nitrogen and oxygen atoms in total. The molecule has 1 aromatic heterocycles. The van der Waals surface area contributed by atoms with Crippen LogP contribution in [0.25, 0.3) is 0 Å². The minimum atomic E-state index is -0.316. The van der Waals surface area contributed by atoms with E-state index >= 15 is 0 Å². The number of aryl methyl sites for hydroxylation is 3. The van der Waals surface area contributed by atoms with Gasteiger partial charge >= 0.3 is 0 Å². The molecule has 1 aromatic carbocycles. The summed E-state index contributed by atoms with van der Waals surface area (Å²) in [6.45, 7) is 10.1. The predicted octanol–water partition coefficient (Wildman–Crippen LogP) is 4.13. The largest absolute Gasteiger partial charge is 0.467 e. The van der Waals surface area contributed by atoms with Crippen LogP contribution in [0.15, 0.2) is 6.07 Å². The average Bonchev–Trinajstić information content (AvgIpc) is 2.94. The van der Waals surface area contributed by atoms with Crippen molar-refractivity contribution in [2.24, 2.45) is 7.05 Å². The van der Waals surface area contributed by atoms with Gasteiger partial charge in [-0.15, -0.1) is 0 Å². The Labute approximate surface area is 175 Å². The molecule has 0 unspecified atom stereocenters. The number of carbonyl (C=O) groups is 2. The van der Waals surface area contributed by atoms with Crippen LogP contribution in [0.2, 0.25) is 10.0 Å². The van der Waals surface area contributed by atoms with Gasteiger partial charge in [0.15, 0.2) is 6.61 Å². The molecule has 28 heavy (non-hydrogen) atoms. The summed E-state index contributed by atoms with van der Waals surface area (Å²) in [6.07, 6.45) is 0. The fourth-order valence-electron chi connectivity index (χ4n) is 3.10. The Morgan fingerprint density at radius 1 is 1.14 bits per heavy atom. The first-order chi connectivity index (χ1) is 13.1. The van der Waals surface area contributed by atoms with Gasteiger partial charge in [-0.05, 0) is 51.8 Å². The molecule has 8 heteroatoms. The fraction of sp³-hybridized carbons (Fsp3) is 0.450. The lowest BCUT2D eigenvalue weighted by molar-refractivity contribution is -0.133. The number of amides is 1. The Hall–Kier alpha value is -2.05. The summed E-state index contributed by atoms with van der Waals surface area (Å²) in [6, 6.07) is 1.66. The molecule has 152 valence electrons. The number of halogens is 2. The molecule has 0 saturated carbocycles. The number of aromatic nitrogens is 2. The van der Waals surface area contributed by atoms with E-state index in [1.165, 1.54) is 4.68 Å². The van der Waals surface area contributed by atoms with Gasteiger partial charge in [0.05, 0.1) is 10.7 Å². The number of ether oxygens (including phenoxy) is 1. The van der Waals surface area contributed by atoms with Crippen molar-refractivity contribution in [3.05, 3.63) is 44.1 Å². The first kappa shape index (κ1) is 22.2. The standard InChI is InChI=1S/C20H25Cl2N3O3/c1-7-25(8-2)15(26)10-28-20-16(13(5)23-24(20)6)19(27)14-9-11(3)17(21)12(4)18(14)22/h9H,7-8,10H2,1-6H3. The molecule has 0 fully saturated rings. The van der Waals surface area contributed by atoms with Gasteiger partial charge in [-0.25, -0.2) is 4.68 Å². The second-order valence-electron chi connectivity index (χ2n) is 6.57. The van der Waals surface area contributed by atoms with Gasteiger partial charge in [0.2, 0.25) is 11.7 Å². The average molecular weight is 426 g/mol. The third-order valence-electron chi connectivity index (χ3n) is 4.69. The summed E-state index contributed by atoms with van der Waals surface area (Å²) in [5.41, 5.74) is 2.52. The highest BCUT2D eigenvalue weighted by atomic mass is 35.5. The Kier molecular flexibility index (Phi) is 7.12. The zero-order valence-electron chi connectivity index (χ0n) is 17.0. The summed E-state index contributed by atoms with van der Waals surface area (Å²) >= 11 is 12.6. The summed E-state index contributed by atoms with van der Waals surface area (Å²) in [7, 11) is 1.67. The third kappa shape index (κ3) is 4.18. The lowest BCUT2D eigenvalue weighted by Crippen LogP contribution is -2.34. The number of hydrogen-bond donors (Lipinski definition) is 0. The molecular weight excluding hydrogens is 401 g/mol. The maximum atomic E-state index is 13.3. The molecule has 0 radical (unpaired) electrons. The first-order valence-corrected chi connectivity index (χ1v) is 9.83. The van der Waals surface area contributed by atoms with Gasteiger partial charge < -0.3 is 9.64 Å². The molecule has 0 aliphatic carbocycles. The summed E-state index contributed by atoms with van der Waals surface area (Å²) < 4.78 is 7.18. The normalized spacial score (nSPS) is 10.9. The van der Waals surface area contributed by atoms with Crippen molar-refractivity contribution in [2.75, 3.05) is 19.7 Å². The second-order valence-corrected chi connectivity index (χ2v) is 7.32. The van der Waals surface area contributed by atoms with Crippen molar-refractivity contribution in [1.29, 1.82) is 0 Å². The molecule has 1 amide bonds. The fourth-order valence-corrected chi connectivity index (χ4v) is 3.53. The first-order valence-electron chi connectivity index (χ1n) is 9.07. The number of hydrogen-bond acceptors (Lipinski definition) is 4. The van der Waals surface area contributed by atoms with Crippen LogP contribution in [0.1, 0.15) is 46.6 Å². The molecule has 0 bridgehead atoms. The number of carbonyl (C=O) groups excluding carboxylic acids is 2. The monoisotopic (exact) mass is 425 g/mol. The third-order valence-corrected chi connectivity index (χ3v) is 5.76. The highest BCUT2D eigenvalue weighted by molar-refractivity contribution is 6.39. The van der Waals surface area contributed by atoms with E-state index in [0.29, 0.717) is 40.0 Å². The van der Waals surface area contributed by atoms with Crippen molar-refractivity contribution in [1.82, 2.24) is 14.7 Å².